The van der Waals surface area contributed by atoms with Crippen LogP contribution < -0.4 is 20.5 Å². The molecule has 0 aromatic heterocycles. The topological polar surface area (TPSA) is 89.2 Å². The van der Waals surface area contributed by atoms with Crippen molar-refractivity contribution < 1.29 is 14.3 Å². The number of nitrogens with zero attached hydrogens (tertiary/aromatic N) is 2. The Morgan fingerprint density at radius 1 is 1.09 bits per heavy atom. The highest BCUT2D eigenvalue weighted by Gasteiger charge is 2.22. The molecule has 7 nitrogen and oxygen atoms in total. The van der Waals surface area contributed by atoms with Gasteiger partial charge in [-0.2, -0.15) is 0 Å². The fraction of sp³-hybridized carbons (Fsp3) is 0.440. The summed E-state index contributed by atoms with van der Waals surface area (Å²) in [5.41, 5.74) is 8.07. The molecule has 8 heteroatoms. The first-order chi connectivity index (χ1) is 15.6. The number of aliphatic imine (C=N–C) groups is 1. The fourth-order valence-corrected chi connectivity index (χ4v) is 3.91. The number of nitrogens with two attached hydrogens (primary N) is 1. The van der Waals surface area contributed by atoms with E-state index in [4.69, 9.17) is 15.2 Å². The normalized spacial score (nSPS) is 14.4. The van der Waals surface area contributed by atoms with Gasteiger partial charge in [0, 0.05) is 19.2 Å². The van der Waals surface area contributed by atoms with E-state index in [1.165, 1.54) is 5.56 Å². The van der Waals surface area contributed by atoms with Crippen molar-refractivity contribution in [3.8, 4) is 11.5 Å². The third kappa shape index (κ3) is 8.42. The van der Waals surface area contributed by atoms with Crippen molar-refractivity contribution >= 4 is 41.5 Å². The van der Waals surface area contributed by atoms with Gasteiger partial charge in [0.1, 0.15) is 18.0 Å². The molecule has 0 radical (unpaired) electrons. The molecule has 33 heavy (non-hydrogen) atoms. The molecule has 1 saturated heterocycles. The first-order valence-corrected chi connectivity index (χ1v) is 11.4. The summed E-state index contributed by atoms with van der Waals surface area (Å²) >= 11 is 0. The zero-order valence-corrected chi connectivity index (χ0v) is 21.8. The Labute approximate surface area is 213 Å². The maximum Gasteiger partial charge on any atom is 0.244 e. The van der Waals surface area contributed by atoms with Gasteiger partial charge in [0.2, 0.25) is 5.91 Å². The zero-order valence-electron chi connectivity index (χ0n) is 19.5. The van der Waals surface area contributed by atoms with Crippen molar-refractivity contribution in [3.63, 3.8) is 0 Å². The summed E-state index contributed by atoms with van der Waals surface area (Å²) in [6.45, 7) is 6.49. The van der Waals surface area contributed by atoms with E-state index in [1.807, 2.05) is 43.0 Å². The number of benzene rings is 2. The number of halogens is 1. The average Bonchev–Trinajstić information content (AvgIpc) is 2.81. The van der Waals surface area contributed by atoms with Crippen LogP contribution in [-0.4, -0.2) is 49.6 Å². The summed E-state index contributed by atoms with van der Waals surface area (Å²) in [7, 11) is 0. The Hall–Kier alpha value is -2.49. The molecule has 0 bridgehead atoms. The van der Waals surface area contributed by atoms with Gasteiger partial charge in [-0.3, -0.25) is 4.79 Å². The summed E-state index contributed by atoms with van der Waals surface area (Å²) in [5, 5.41) is 3.04. The minimum absolute atomic E-state index is 0. The van der Waals surface area contributed by atoms with E-state index in [0.717, 1.165) is 32.4 Å². The number of rotatable bonds is 9. The molecule has 3 N–H and O–H groups in total. The van der Waals surface area contributed by atoms with Gasteiger partial charge in [0.25, 0.3) is 0 Å². The molecule has 1 aliphatic rings. The van der Waals surface area contributed by atoms with Gasteiger partial charge < -0.3 is 25.4 Å². The van der Waals surface area contributed by atoms with Crippen LogP contribution in [0.4, 0.5) is 5.69 Å². The Morgan fingerprint density at radius 2 is 1.79 bits per heavy atom. The van der Waals surface area contributed by atoms with Gasteiger partial charge in [-0.15, -0.1) is 24.0 Å². The second-order valence-electron chi connectivity index (χ2n) is 7.86. The Balaban J connectivity index is 0.00000385. The number of hydrogen-bond acceptors (Lipinski definition) is 4. The maximum absolute atomic E-state index is 12.6. The van der Waals surface area contributed by atoms with Crippen LogP contribution in [0.25, 0.3) is 0 Å². The second kappa shape index (κ2) is 13.9. The van der Waals surface area contributed by atoms with Gasteiger partial charge >= 0.3 is 0 Å². The van der Waals surface area contributed by atoms with Crippen molar-refractivity contribution in [1.29, 1.82) is 0 Å². The lowest BCUT2D eigenvalue weighted by molar-refractivity contribution is -0.130. The van der Waals surface area contributed by atoms with E-state index >= 15 is 0 Å². The average molecular weight is 566 g/mol. The smallest absolute Gasteiger partial charge is 0.244 e. The number of anilines is 1. The van der Waals surface area contributed by atoms with Crippen LogP contribution in [0.3, 0.4) is 0 Å². The Bertz CT molecular complexity index is 900. The molecule has 1 aliphatic heterocycles. The first-order valence-electron chi connectivity index (χ1n) is 11.4. The third-order valence-electron chi connectivity index (χ3n) is 5.54. The number of ether oxygens (including phenoxy) is 2. The van der Waals surface area contributed by atoms with Crippen molar-refractivity contribution in [2.45, 2.75) is 33.1 Å². The number of nitrogens with one attached hydrogen (secondary N) is 1. The van der Waals surface area contributed by atoms with Gasteiger partial charge in [0.05, 0.1) is 18.9 Å². The van der Waals surface area contributed by atoms with Crippen molar-refractivity contribution in [3.05, 3.63) is 54.1 Å². The maximum atomic E-state index is 12.6. The molecule has 2 aromatic carbocycles. The van der Waals surface area contributed by atoms with Crippen molar-refractivity contribution in [2.75, 3.05) is 38.2 Å². The molecule has 1 amide bonds. The minimum atomic E-state index is 0. The third-order valence-corrected chi connectivity index (χ3v) is 5.54. The van der Waals surface area contributed by atoms with Crippen molar-refractivity contribution in [2.24, 2.45) is 16.6 Å². The van der Waals surface area contributed by atoms with E-state index < -0.39 is 0 Å². The molecule has 3 rings (SSSR count). The summed E-state index contributed by atoms with van der Waals surface area (Å²) in [6.07, 6.45) is 3.10. The number of carbonyl (C=O) groups is 1. The molecule has 2 aromatic rings. The highest BCUT2D eigenvalue weighted by Crippen LogP contribution is 2.29. The summed E-state index contributed by atoms with van der Waals surface area (Å²) in [5.74, 6) is 2.15. The first kappa shape index (κ1) is 26.8. The lowest BCUT2D eigenvalue weighted by Gasteiger charge is -2.31. The van der Waals surface area contributed by atoms with E-state index in [1.54, 1.807) is 0 Å². The molecule has 1 fully saturated rings. The molecule has 0 unspecified atom stereocenters. The SMILES string of the molecule is CCOc1ccc(OCC)c(NC(N)=NCC(=O)N2CCC(Cc3ccccc3)CC2)c1.I. The summed E-state index contributed by atoms with van der Waals surface area (Å²) in [4.78, 5) is 18.8. The van der Waals surface area contributed by atoms with E-state index in [2.05, 4.69) is 34.6 Å². The van der Waals surface area contributed by atoms with Crippen LogP contribution in [0.2, 0.25) is 0 Å². The highest BCUT2D eigenvalue weighted by atomic mass is 127. The van der Waals surface area contributed by atoms with Crippen LogP contribution >= 0.6 is 24.0 Å². The molecule has 180 valence electrons. The highest BCUT2D eigenvalue weighted by molar-refractivity contribution is 14.0. The molecule has 0 saturated carbocycles. The number of hydrogen-bond donors (Lipinski definition) is 2. The predicted octanol–water partition coefficient (Wildman–Crippen LogP) is 4.31. The number of carbonyl (C=O) groups excluding carboxylic acids is 1. The van der Waals surface area contributed by atoms with Crippen LogP contribution in [0.5, 0.6) is 11.5 Å². The standard InChI is InChI=1S/C25H34N4O3.HI/c1-3-31-21-10-11-23(32-4-2)22(17-21)28-25(26)27-18-24(30)29-14-12-20(13-15-29)16-19-8-6-5-7-9-19;/h5-11,17,20H,3-4,12-16,18H2,1-2H3,(H3,26,27,28);1H. The second-order valence-corrected chi connectivity index (χ2v) is 7.86. The van der Waals surface area contributed by atoms with Gasteiger partial charge in [0.15, 0.2) is 5.96 Å². The molecular weight excluding hydrogens is 531 g/mol. The van der Waals surface area contributed by atoms with E-state index in [-0.39, 0.29) is 42.4 Å². The Kier molecular flexibility index (Phi) is 11.3. The summed E-state index contributed by atoms with van der Waals surface area (Å²) < 4.78 is 11.2. The van der Waals surface area contributed by atoms with E-state index in [0.29, 0.717) is 36.3 Å². The van der Waals surface area contributed by atoms with E-state index in [9.17, 15) is 4.79 Å². The largest absolute Gasteiger partial charge is 0.494 e. The number of piperidine rings is 1. The van der Waals surface area contributed by atoms with Crippen LogP contribution in [0.15, 0.2) is 53.5 Å². The number of guanidine groups is 1. The summed E-state index contributed by atoms with van der Waals surface area (Å²) in [6, 6.07) is 16.0. The molecule has 0 aliphatic carbocycles. The molecule has 1 heterocycles. The molecular formula is C25H35IN4O3. The van der Waals surface area contributed by atoms with Gasteiger partial charge in [-0.1, -0.05) is 30.3 Å². The van der Waals surface area contributed by atoms with Gasteiger partial charge in [-0.05, 0) is 56.7 Å². The number of likely N-dealkylation sites (tertiary alicyclic amines) is 1. The lowest BCUT2D eigenvalue weighted by Crippen LogP contribution is -2.40. The van der Waals surface area contributed by atoms with Crippen molar-refractivity contribution in [1.82, 2.24) is 4.90 Å². The zero-order chi connectivity index (χ0) is 22.8. The molecule has 0 atom stereocenters. The number of amides is 1. The quantitative estimate of drug-likeness (QED) is 0.268. The monoisotopic (exact) mass is 566 g/mol. The van der Waals surface area contributed by atoms with Crippen LogP contribution in [0, 0.1) is 5.92 Å². The fourth-order valence-electron chi connectivity index (χ4n) is 3.91. The predicted molar refractivity (Wildman–Crippen MR) is 144 cm³/mol. The van der Waals surface area contributed by atoms with Crippen LogP contribution in [0.1, 0.15) is 32.3 Å². The minimum Gasteiger partial charge on any atom is -0.494 e. The molecule has 0 spiro atoms. The van der Waals surface area contributed by atoms with Crippen LogP contribution in [-0.2, 0) is 11.2 Å². The lowest BCUT2D eigenvalue weighted by atomic mass is 9.90. The van der Waals surface area contributed by atoms with Gasteiger partial charge in [-0.25, -0.2) is 4.99 Å². The Morgan fingerprint density at radius 3 is 2.45 bits per heavy atom.